The molecule has 108 valence electrons. The molecule has 2 N–H and O–H groups in total. The van der Waals surface area contributed by atoms with Gasteiger partial charge >= 0.3 is 12.4 Å². The largest absolute Gasteiger partial charge is 0.401 e. The monoisotopic (exact) mass is 279 g/mol. The molecule has 0 amide bonds. The van der Waals surface area contributed by atoms with Crippen LogP contribution in [0.4, 0.5) is 26.3 Å². The number of hydrogen-bond acceptors (Lipinski definition) is 2. The first-order valence-electron chi connectivity index (χ1n) is 5.59. The lowest BCUT2D eigenvalue weighted by atomic mass is 9.86. The third kappa shape index (κ3) is 4.31. The highest BCUT2D eigenvalue weighted by atomic mass is 19.4. The van der Waals surface area contributed by atoms with Crippen molar-refractivity contribution in [1.29, 1.82) is 0 Å². The summed E-state index contributed by atoms with van der Waals surface area (Å²) in [6.07, 6.45) is -10.1. The molecule has 0 aromatic rings. The van der Waals surface area contributed by atoms with Gasteiger partial charge in [-0.25, -0.2) is 0 Å². The first-order valence-corrected chi connectivity index (χ1v) is 5.59. The van der Waals surface area contributed by atoms with Crippen LogP contribution in [0.1, 0.15) is 19.3 Å². The molecule has 1 saturated heterocycles. The Balaban J connectivity index is 2.67. The normalized spacial score (nSPS) is 21.3. The molecule has 0 saturated carbocycles. The minimum absolute atomic E-state index is 0.235. The van der Waals surface area contributed by atoms with Crippen LogP contribution in [0.25, 0.3) is 0 Å². The predicted molar refractivity (Wildman–Crippen MR) is 51.7 cm³/mol. The summed E-state index contributed by atoms with van der Waals surface area (Å²) < 4.78 is 79.4. The van der Waals surface area contributed by atoms with E-state index in [4.69, 9.17) is 10.5 Å². The SMILES string of the molecule is NC(CC1CCOCC1)C(C(F)(F)F)C(F)(F)F. The second-order valence-corrected chi connectivity index (χ2v) is 4.52. The highest BCUT2D eigenvalue weighted by Gasteiger charge is 2.59. The Kier molecular flexibility index (Phi) is 4.88. The second kappa shape index (κ2) is 5.64. The van der Waals surface area contributed by atoms with Crippen molar-refractivity contribution >= 4 is 0 Å². The average molecular weight is 279 g/mol. The van der Waals surface area contributed by atoms with E-state index in [-0.39, 0.29) is 12.3 Å². The molecule has 1 heterocycles. The summed E-state index contributed by atoms with van der Waals surface area (Å²) in [5.41, 5.74) is 5.14. The van der Waals surface area contributed by atoms with Crippen molar-refractivity contribution in [1.82, 2.24) is 0 Å². The van der Waals surface area contributed by atoms with Gasteiger partial charge in [-0.3, -0.25) is 0 Å². The lowest BCUT2D eigenvalue weighted by Gasteiger charge is -2.31. The maximum atomic E-state index is 12.4. The summed E-state index contributed by atoms with van der Waals surface area (Å²) in [5.74, 6) is -3.69. The molecule has 0 spiro atoms. The van der Waals surface area contributed by atoms with Crippen LogP contribution in [0.2, 0.25) is 0 Å². The van der Waals surface area contributed by atoms with E-state index in [0.717, 1.165) is 0 Å². The Labute approximate surface area is 100 Å². The zero-order chi connectivity index (χ0) is 14.0. The quantitative estimate of drug-likeness (QED) is 0.806. The van der Waals surface area contributed by atoms with E-state index >= 15 is 0 Å². The van der Waals surface area contributed by atoms with Gasteiger partial charge in [-0.1, -0.05) is 0 Å². The van der Waals surface area contributed by atoms with Crippen LogP contribution in [0.5, 0.6) is 0 Å². The van der Waals surface area contributed by atoms with Crippen LogP contribution >= 0.6 is 0 Å². The molecule has 1 aliphatic heterocycles. The van der Waals surface area contributed by atoms with E-state index in [9.17, 15) is 26.3 Å². The Morgan fingerprint density at radius 1 is 1.00 bits per heavy atom. The fraction of sp³-hybridized carbons (Fsp3) is 1.00. The molecule has 0 aliphatic carbocycles. The Morgan fingerprint density at radius 2 is 1.44 bits per heavy atom. The molecule has 1 atom stereocenters. The van der Waals surface area contributed by atoms with E-state index in [0.29, 0.717) is 26.1 Å². The van der Waals surface area contributed by atoms with Crippen molar-refractivity contribution in [2.24, 2.45) is 17.6 Å². The van der Waals surface area contributed by atoms with Gasteiger partial charge in [-0.05, 0) is 25.2 Å². The molecule has 2 nitrogen and oxygen atoms in total. The van der Waals surface area contributed by atoms with Gasteiger partial charge in [0.2, 0.25) is 0 Å². The van der Waals surface area contributed by atoms with Crippen molar-refractivity contribution in [2.75, 3.05) is 13.2 Å². The van der Waals surface area contributed by atoms with Crippen LogP contribution in [0.3, 0.4) is 0 Å². The van der Waals surface area contributed by atoms with Crippen LogP contribution in [0, 0.1) is 11.8 Å². The summed E-state index contributed by atoms with van der Waals surface area (Å²) in [6.45, 7) is 0.722. The van der Waals surface area contributed by atoms with Crippen LogP contribution in [0.15, 0.2) is 0 Å². The lowest BCUT2D eigenvalue weighted by molar-refractivity contribution is -0.290. The van der Waals surface area contributed by atoms with Crippen molar-refractivity contribution in [3.63, 3.8) is 0 Å². The van der Waals surface area contributed by atoms with Gasteiger partial charge in [0.25, 0.3) is 0 Å². The van der Waals surface area contributed by atoms with Crippen molar-refractivity contribution in [3.05, 3.63) is 0 Å². The molecule has 0 radical (unpaired) electrons. The zero-order valence-corrected chi connectivity index (χ0v) is 9.52. The Bertz CT molecular complexity index is 244. The summed E-state index contributed by atoms with van der Waals surface area (Å²) in [4.78, 5) is 0. The number of alkyl halides is 6. The first-order chi connectivity index (χ1) is 8.12. The third-order valence-electron chi connectivity index (χ3n) is 3.08. The molecular formula is C10H15F6NO. The molecule has 0 bridgehead atoms. The number of rotatable bonds is 3. The van der Waals surface area contributed by atoms with Gasteiger partial charge in [0.05, 0.1) is 0 Å². The maximum absolute atomic E-state index is 12.4. The molecule has 1 unspecified atom stereocenters. The first kappa shape index (κ1) is 15.6. The van der Waals surface area contributed by atoms with E-state index in [2.05, 4.69) is 0 Å². The van der Waals surface area contributed by atoms with Gasteiger partial charge in [-0.15, -0.1) is 0 Å². The summed E-state index contributed by atoms with van der Waals surface area (Å²) in [5, 5.41) is 0. The molecule has 1 rings (SSSR count). The van der Waals surface area contributed by atoms with Gasteiger partial charge in [0.15, 0.2) is 5.92 Å². The number of ether oxygens (including phenoxy) is 1. The van der Waals surface area contributed by atoms with Crippen LogP contribution in [-0.4, -0.2) is 31.6 Å². The molecule has 1 fully saturated rings. The van der Waals surface area contributed by atoms with Gasteiger partial charge < -0.3 is 10.5 Å². The van der Waals surface area contributed by atoms with E-state index < -0.39 is 24.3 Å². The summed E-state index contributed by atoms with van der Waals surface area (Å²) in [7, 11) is 0. The van der Waals surface area contributed by atoms with E-state index in [1.807, 2.05) is 0 Å². The number of hydrogen-bond donors (Lipinski definition) is 1. The maximum Gasteiger partial charge on any atom is 0.401 e. The fourth-order valence-corrected chi connectivity index (χ4v) is 2.17. The minimum atomic E-state index is -5.36. The summed E-state index contributed by atoms with van der Waals surface area (Å²) in [6, 6.07) is -1.95. The van der Waals surface area contributed by atoms with Gasteiger partial charge in [0, 0.05) is 19.3 Å². The third-order valence-corrected chi connectivity index (χ3v) is 3.08. The zero-order valence-electron chi connectivity index (χ0n) is 9.52. The highest BCUT2D eigenvalue weighted by molar-refractivity contribution is 4.86. The molecule has 8 heteroatoms. The topological polar surface area (TPSA) is 35.2 Å². The smallest absolute Gasteiger partial charge is 0.381 e. The molecule has 1 aliphatic rings. The van der Waals surface area contributed by atoms with Crippen LogP contribution in [-0.2, 0) is 4.74 Å². The average Bonchev–Trinajstić information content (AvgIpc) is 2.13. The Morgan fingerprint density at radius 3 is 1.83 bits per heavy atom. The Hall–Kier alpha value is -0.500. The minimum Gasteiger partial charge on any atom is -0.381 e. The standard InChI is InChI=1S/C10H15F6NO/c11-9(12,13)8(10(14,15)16)7(17)5-6-1-3-18-4-2-6/h6-8H,1-5,17H2. The molecule has 0 aromatic carbocycles. The van der Waals surface area contributed by atoms with Crippen molar-refractivity contribution in [3.8, 4) is 0 Å². The van der Waals surface area contributed by atoms with Gasteiger partial charge in [-0.2, -0.15) is 26.3 Å². The van der Waals surface area contributed by atoms with E-state index in [1.165, 1.54) is 0 Å². The molecule has 18 heavy (non-hydrogen) atoms. The van der Waals surface area contributed by atoms with Crippen LogP contribution < -0.4 is 5.73 Å². The number of halogens is 6. The lowest BCUT2D eigenvalue weighted by Crippen LogP contribution is -2.49. The van der Waals surface area contributed by atoms with Gasteiger partial charge in [0.1, 0.15) is 0 Å². The number of nitrogens with two attached hydrogens (primary N) is 1. The second-order valence-electron chi connectivity index (χ2n) is 4.52. The van der Waals surface area contributed by atoms with Crippen molar-refractivity contribution < 1.29 is 31.1 Å². The molecular weight excluding hydrogens is 264 g/mol. The summed E-state index contributed by atoms with van der Waals surface area (Å²) >= 11 is 0. The van der Waals surface area contributed by atoms with E-state index in [1.54, 1.807) is 0 Å². The van der Waals surface area contributed by atoms with Crippen molar-refractivity contribution in [2.45, 2.75) is 37.7 Å². The highest BCUT2D eigenvalue weighted by Crippen LogP contribution is 2.42. The molecule has 0 aromatic heterocycles. The predicted octanol–water partition coefficient (Wildman–Crippen LogP) is 2.87. The fourth-order valence-electron chi connectivity index (χ4n) is 2.17.